The van der Waals surface area contributed by atoms with Gasteiger partial charge in [-0.3, -0.25) is 4.90 Å². The van der Waals surface area contributed by atoms with Gasteiger partial charge in [0.15, 0.2) is 0 Å². The Kier molecular flexibility index (Phi) is 5.96. The number of hydrogen-bond acceptors (Lipinski definition) is 6. The van der Waals surface area contributed by atoms with Crippen LogP contribution in [0.1, 0.15) is 44.4 Å². The van der Waals surface area contributed by atoms with Crippen LogP contribution >= 0.6 is 11.6 Å². The fourth-order valence-electron chi connectivity index (χ4n) is 2.87. The van der Waals surface area contributed by atoms with E-state index in [2.05, 4.69) is 19.8 Å². The third-order valence-corrected chi connectivity index (χ3v) is 6.16. The van der Waals surface area contributed by atoms with Gasteiger partial charge in [-0.25, -0.2) is 13.1 Å². The van der Waals surface area contributed by atoms with E-state index in [0.29, 0.717) is 23.3 Å². The zero-order valence-corrected chi connectivity index (χ0v) is 16.4. The maximum absolute atomic E-state index is 12.4. The molecule has 2 aromatic rings. The monoisotopic (exact) mass is 398 g/mol. The third-order valence-electron chi connectivity index (χ3n) is 4.37. The van der Waals surface area contributed by atoms with Crippen molar-refractivity contribution in [3.8, 4) is 0 Å². The number of likely N-dealkylation sites (tertiary alicyclic amines) is 1. The molecule has 0 unspecified atom stereocenters. The average Bonchev–Trinajstić information content (AvgIpc) is 3.06. The number of benzene rings is 1. The molecule has 7 nitrogen and oxygen atoms in total. The van der Waals surface area contributed by atoms with Crippen LogP contribution in [0.3, 0.4) is 0 Å². The fourth-order valence-corrected chi connectivity index (χ4v) is 4.30. The summed E-state index contributed by atoms with van der Waals surface area (Å²) in [5, 5.41) is 8.63. The lowest BCUT2D eigenvalue weighted by atomic mass is 10.1. The Bertz CT molecular complexity index is 828. The van der Waals surface area contributed by atoms with E-state index in [1.165, 1.54) is 12.1 Å². The van der Waals surface area contributed by atoms with Gasteiger partial charge < -0.3 is 4.42 Å². The largest absolute Gasteiger partial charge is 0.424 e. The maximum Gasteiger partial charge on any atom is 0.240 e. The molecule has 1 saturated heterocycles. The molecule has 142 valence electrons. The number of nitrogens with zero attached hydrogens (tertiary/aromatic N) is 3. The van der Waals surface area contributed by atoms with E-state index in [0.717, 1.165) is 25.9 Å². The SMILES string of the molecule is CC(C)c1nnc(CN2CCC(NS(=O)(=O)c3ccc(Cl)cc3)CC2)o1. The van der Waals surface area contributed by atoms with Crippen LogP contribution in [0, 0.1) is 0 Å². The summed E-state index contributed by atoms with van der Waals surface area (Å²) < 4.78 is 33.3. The molecule has 1 aromatic heterocycles. The van der Waals surface area contributed by atoms with Crippen molar-refractivity contribution in [3.05, 3.63) is 41.1 Å². The van der Waals surface area contributed by atoms with Crippen molar-refractivity contribution < 1.29 is 12.8 Å². The molecule has 0 amide bonds. The molecule has 0 radical (unpaired) electrons. The number of sulfonamides is 1. The topological polar surface area (TPSA) is 88.3 Å². The molecule has 1 aliphatic heterocycles. The van der Waals surface area contributed by atoms with Gasteiger partial charge in [0.1, 0.15) is 0 Å². The molecule has 0 spiro atoms. The van der Waals surface area contributed by atoms with E-state index in [4.69, 9.17) is 16.0 Å². The van der Waals surface area contributed by atoms with E-state index in [1.807, 2.05) is 13.8 Å². The number of hydrogen-bond donors (Lipinski definition) is 1. The molecule has 26 heavy (non-hydrogen) atoms. The maximum atomic E-state index is 12.4. The van der Waals surface area contributed by atoms with Gasteiger partial charge in [0, 0.05) is 30.1 Å². The van der Waals surface area contributed by atoms with Crippen molar-refractivity contribution in [2.45, 2.75) is 50.1 Å². The van der Waals surface area contributed by atoms with Gasteiger partial charge in [0.25, 0.3) is 0 Å². The van der Waals surface area contributed by atoms with Gasteiger partial charge in [0.05, 0.1) is 11.4 Å². The minimum atomic E-state index is -3.53. The van der Waals surface area contributed by atoms with Gasteiger partial charge in [-0.15, -0.1) is 10.2 Å². The third kappa shape index (κ3) is 4.82. The molecule has 1 aromatic carbocycles. The molecule has 0 atom stereocenters. The van der Waals surface area contributed by atoms with Crippen molar-refractivity contribution in [1.82, 2.24) is 19.8 Å². The highest BCUT2D eigenvalue weighted by Gasteiger charge is 2.25. The Hall–Kier alpha value is -1.48. The summed E-state index contributed by atoms with van der Waals surface area (Å²) in [5.41, 5.74) is 0. The summed E-state index contributed by atoms with van der Waals surface area (Å²) in [7, 11) is -3.53. The van der Waals surface area contributed by atoms with Crippen molar-refractivity contribution in [2.75, 3.05) is 13.1 Å². The molecular formula is C17H23ClN4O3S. The molecule has 9 heteroatoms. The normalized spacial score (nSPS) is 17.1. The van der Waals surface area contributed by atoms with Crippen LogP contribution in [0.25, 0.3) is 0 Å². The predicted molar refractivity (Wildman–Crippen MR) is 98.5 cm³/mol. The first-order chi connectivity index (χ1) is 12.3. The Morgan fingerprint density at radius 1 is 1.23 bits per heavy atom. The van der Waals surface area contributed by atoms with Crippen LogP contribution < -0.4 is 4.72 Å². The first-order valence-corrected chi connectivity index (χ1v) is 10.5. The summed E-state index contributed by atoms with van der Waals surface area (Å²) in [6, 6.07) is 6.10. The number of aromatic nitrogens is 2. The van der Waals surface area contributed by atoms with Gasteiger partial charge in [-0.1, -0.05) is 25.4 Å². The molecule has 0 aliphatic carbocycles. The highest BCUT2D eigenvalue weighted by molar-refractivity contribution is 7.89. The Balaban J connectivity index is 1.52. The van der Waals surface area contributed by atoms with E-state index >= 15 is 0 Å². The molecule has 2 heterocycles. The van der Waals surface area contributed by atoms with Gasteiger partial charge in [-0.2, -0.15) is 0 Å². The summed E-state index contributed by atoms with van der Waals surface area (Å²) in [6.07, 6.45) is 1.47. The lowest BCUT2D eigenvalue weighted by Gasteiger charge is -2.31. The van der Waals surface area contributed by atoms with Crippen LogP contribution in [0.15, 0.2) is 33.6 Å². The van der Waals surface area contributed by atoms with Crippen LogP contribution in [0.5, 0.6) is 0 Å². The van der Waals surface area contributed by atoms with Crippen LogP contribution in [0.4, 0.5) is 0 Å². The minimum Gasteiger partial charge on any atom is -0.424 e. The highest BCUT2D eigenvalue weighted by Crippen LogP contribution is 2.19. The standard InChI is InChI=1S/C17H23ClN4O3S/c1-12(2)17-20-19-16(25-17)11-22-9-7-14(8-10-22)21-26(23,24)15-5-3-13(18)4-6-15/h3-6,12,14,21H,7-11H2,1-2H3. The second-order valence-corrected chi connectivity index (χ2v) is 8.96. The van der Waals surface area contributed by atoms with Gasteiger partial charge in [-0.05, 0) is 37.1 Å². The number of piperidine rings is 1. The molecule has 0 bridgehead atoms. The fraction of sp³-hybridized carbons (Fsp3) is 0.529. The summed E-state index contributed by atoms with van der Waals surface area (Å²) in [6.45, 7) is 6.15. The zero-order valence-electron chi connectivity index (χ0n) is 14.9. The smallest absolute Gasteiger partial charge is 0.240 e. The van der Waals surface area contributed by atoms with Crippen LogP contribution in [-0.2, 0) is 16.6 Å². The van der Waals surface area contributed by atoms with E-state index < -0.39 is 10.0 Å². The second kappa shape index (κ2) is 8.04. The molecule has 1 aliphatic rings. The van der Waals surface area contributed by atoms with Crippen LogP contribution in [0.2, 0.25) is 5.02 Å². The zero-order chi connectivity index (χ0) is 18.7. The lowest BCUT2D eigenvalue weighted by molar-refractivity contribution is 0.182. The number of rotatable bonds is 6. The molecule has 1 N–H and O–H groups in total. The van der Waals surface area contributed by atoms with Crippen molar-refractivity contribution in [1.29, 1.82) is 0 Å². The Morgan fingerprint density at radius 2 is 1.88 bits per heavy atom. The van der Waals surface area contributed by atoms with Crippen LogP contribution in [-0.4, -0.2) is 42.6 Å². The average molecular weight is 399 g/mol. The van der Waals surface area contributed by atoms with Crippen molar-refractivity contribution >= 4 is 21.6 Å². The molecular weight excluding hydrogens is 376 g/mol. The first-order valence-electron chi connectivity index (χ1n) is 8.66. The lowest BCUT2D eigenvalue weighted by Crippen LogP contribution is -2.44. The van der Waals surface area contributed by atoms with Crippen molar-refractivity contribution in [3.63, 3.8) is 0 Å². The van der Waals surface area contributed by atoms with Gasteiger partial charge >= 0.3 is 0 Å². The highest BCUT2D eigenvalue weighted by atomic mass is 35.5. The predicted octanol–water partition coefficient (Wildman–Crippen LogP) is 2.79. The van der Waals surface area contributed by atoms with Gasteiger partial charge in [0.2, 0.25) is 21.8 Å². The summed E-state index contributed by atoms with van der Waals surface area (Å²) >= 11 is 5.82. The second-order valence-electron chi connectivity index (χ2n) is 6.81. The van der Waals surface area contributed by atoms with Crippen molar-refractivity contribution in [2.24, 2.45) is 0 Å². The Labute approximate surface area is 158 Å². The van der Waals surface area contributed by atoms with E-state index in [1.54, 1.807) is 12.1 Å². The quantitative estimate of drug-likeness (QED) is 0.804. The van der Waals surface area contributed by atoms with E-state index in [9.17, 15) is 8.42 Å². The molecule has 3 rings (SSSR count). The van der Waals surface area contributed by atoms with E-state index in [-0.39, 0.29) is 16.9 Å². The summed E-state index contributed by atoms with van der Waals surface area (Å²) in [5.74, 6) is 1.46. The Morgan fingerprint density at radius 3 is 2.46 bits per heavy atom. The minimum absolute atomic E-state index is 0.0826. The number of halogens is 1. The summed E-state index contributed by atoms with van der Waals surface area (Å²) in [4.78, 5) is 2.43. The first kappa shape index (κ1) is 19.3. The molecule has 0 saturated carbocycles. The molecule has 1 fully saturated rings. The number of nitrogens with one attached hydrogen (secondary N) is 1.